The van der Waals surface area contributed by atoms with Crippen molar-refractivity contribution in [2.24, 2.45) is 0 Å². The fourth-order valence-electron chi connectivity index (χ4n) is 2.02. The van der Waals surface area contributed by atoms with Crippen LogP contribution in [-0.4, -0.2) is 18.1 Å². The topological polar surface area (TPSA) is 16.1 Å². The average molecular weight is 190 g/mol. The molecule has 1 fully saturated rings. The molecule has 0 aliphatic carbocycles. The maximum absolute atomic E-state index is 4.43. The average Bonchev–Trinajstić information content (AvgIpc) is 2.71. The Morgan fingerprint density at radius 2 is 2.14 bits per heavy atom. The van der Waals surface area contributed by atoms with E-state index >= 15 is 0 Å². The third kappa shape index (κ3) is 2.06. The van der Waals surface area contributed by atoms with Crippen LogP contribution in [0.2, 0.25) is 0 Å². The quantitative estimate of drug-likeness (QED) is 0.728. The van der Waals surface area contributed by atoms with E-state index in [0.717, 1.165) is 0 Å². The van der Waals surface area contributed by atoms with Crippen molar-refractivity contribution in [3.63, 3.8) is 0 Å². The molecule has 2 nitrogen and oxygen atoms in total. The van der Waals surface area contributed by atoms with Gasteiger partial charge in [0.2, 0.25) is 0 Å². The number of aryl methyl sites for hydroxylation is 1. The van der Waals surface area contributed by atoms with Gasteiger partial charge in [0, 0.05) is 19.3 Å². The number of nitrogens with zero attached hydrogens (tertiary/aromatic N) is 2. The zero-order valence-electron chi connectivity index (χ0n) is 8.87. The first-order chi connectivity index (χ1) is 6.90. The van der Waals surface area contributed by atoms with E-state index < -0.39 is 0 Å². The smallest absolute Gasteiger partial charge is 0.128 e. The van der Waals surface area contributed by atoms with E-state index in [2.05, 4.69) is 28.9 Å². The number of hydrogen-bond acceptors (Lipinski definition) is 2. The second kappa shape index (κ2) is 4.45. The van der Waals surface area contributed by atoms with Crippen molar-refractivity contribution in [3.8, 4) is 0 Å². The normalized spacial score (nSPS) is 16.2. The van der Waals surface area contributed by atoms with E-state index in [1.165, 1.54) is 50.2 Å². The monoisotopic (exact) mass is 190 g/mol. The van der Waals surface area contributed by atoms with Gasteiger partial charge in [-0.2, -0.15) is 0 Å². The molecule has 0 unspecified atom stereocenters. The molecule has 1 saturated heterocycles. The Kier molecular flexibility index (Phi) is 3.02. The summed E-state index contributed by atoms with van der Waals surface area (Å²) in [6.45, 7) is 4.58. The SMILES string of the molecule is CCCc1ccnc(N2CCCC2)c1. The van der Waals surface area contributed by atoms with Crippen LogP contribution in [-0.2, 0) is 6.42 Å². The molecule has 14 heavy (non-hydrogen) atoms. The molecule has 0 amide bonds. The van der Waals surface area contributed by atoms with Gasteiger partial charge in [-0.1, -0.05) is 13.3 Å². The molecule has 0 N–H and O–H groups in total. The van der Waals surface area contributed by atoms with Gasteiger partial charge in [-0.15, -0.1) is 0 Å². The van der Waals surface area contributed by atoms with E-state index in [0.29, 0.717) is 0 Å². The third-order valence-corrected chi connectivity index (χ3v) is 2.78. The first-order valence-corrected chi connectivity index (χ1v) is 5.60. The minimum atomic E-state index is 1.17. The van der Waals surface area contributed by atoms with Crippen molar-refractivity contribution in [3.05, 3.63) is 23.9 Å². The van der Waals surface area contributed by atoms with E-state index in [-0.39, 0.29) is 0 Å². The van der Waals surface area contributed by atoms with Gasteiger partial charge in [0.25, 0.3) is 0 Å². The lowest BCUT2D eigenvalue weighted by atomic mass is 10.1. The summed E-state index contributed by atoms with van der Waals surface area (Å²) in [4.78, 5) is 6.82. The molecule has 0 saturated carbocycles. The molecule has 1 aliphatic heterocycles. The van der Waals surface area contributed by atoms with Crippen molar-refractivity contribution in [1.82, 2.24) is 4.98 Å². The number of anilines is 1. The molecular weight excluding hydrogens is 172 g/mol. The fraction of sp³-hybridized carbons (Fsp3) is 0.583. The number of pyridine rings is 1. The lowest BCUT2D eigenvalue weighted by Gasteiger charge is -2.16. The van der Waals surface area contributed by atoms with Gasteiger partial charge in [0.15, 0.2) is 0 Å². The fourth-order valence-corrected chi connectivity index (χ4v) is 2.02. The number of rotatable bonds is 3. The van der Waals surface area contributed by atoms with Crippen molar-refractivity contribution >= 4 is 5.82 Å². The van der Waals surface area contributed by atoms with Crippen LogP contribution < -0.4 is 4.90 Å². The molecule has 0 aromatic carbocycles. The Balaban J connectivity index is 2.12. The number of hydrogen-bond donors (Lipinski definition) is 0. The van der Waals surface area contributed by atoms with Crippen molar-refractivity contribution < 1.29 is 0 Å². The Morgan fingerprint density at radius 1 is 1.36 bits per heavy atom. The summed E-state index contributed by atoms with van der Waals surface area (Å²) >= 11 is 0. The molecule has 0 radical (unpaired) electrons. The van der Waals surface area contributed by atoms with Crippen LogP contribution in [0.4, 0.5) is 5.82 Å². The zero-order valence-corrected chi connectivity index (χ0v) is 8.87. The Labute approximate surface area is 86.0 Å². The standard InChI is InChI=1S/C12H18N2/c1-2-5-11-6-7-13-12(10-11)14-8-3-4-9-14/h6-7,10H,2-5,8-9H2,1H3. The van der Waals surface area contributed by atoms with Gasteiger partial charge in [0.1, 0.15) is 5.82 Å². The predicted molar refractivity (Wildman–Crippen MR) is 59.7 cm³/mol. The highest BCUT2D eigenvalue weighted by Crippen LogP contribution is 2.18. The van der Waals surface area contributed by atoms with Crippen LogP contribution in [0.5, 0.6) is 0 Å². The predicted octanol–water partition coefficient (Wildman–Crippen LogP) is 2.63. The van der Waals surface area contributed by atoms with Crippen molar-refractivity contribution in [2.45, 2.75) is 32.6 Å². The molecule has 0 bridgehead atoms. The summed E-state index contributed by atoms with van der Waals surface area (Å²) in [7, 11) is 0. The number of aromatic nitrogens is 1. The van der Waals surface area contributed by atoms with Gasteiger partial charge >= 0.3 is 0 Å². The van der Waals surface area contributed by atoms with Crippen LogP contribution in [0.1, 0.15) is 31.7 Å². The molecule has 2 heteroatoms. The summed E-state index contributed by atoms with van der Waals surface area (Å²) in [6, 6.07) is 4.37. The van der Waals surface area contributed by atoms with E-state index in [1.807, 2.05) is 6.20 Å². The van der Waals surface area contributed by atoms with E-state index in [4.69, 9.17) is 0 Å². The second-order valence-corrected chi connectivity index (χ2v) is 3.97. The second-order valence-electron chi connectivity index (χ2n) is 3.97. The Hall–Kier alpha value is -1.05. The van der Waals surface area contributed by atoms with Gasteiger partial charge in [-0.25, -0.2) is 4.98 Å². The highest BCUT2D eigenvalue weighted by Gasteiger charge is 2.13. The van der Waals surface area contributed by atoms with Crippen molar-refractivity contribution in [2.75, 3.05) is 18.0 Å². The minimum Gasteiger partial charge on any atom is -0.357 e. The lowest BCUT2D eigenvalue weighted by Crippen LogP contribution is -2.18. The van der Waals surface area contributed by atoms with Crippen LogP contribution in [0, 0.1) is 0 Å². The van der Waals surface area contributed by atoms with Gasteiger partial charge in [-0.3, -0.25) is 0 Å². The van der Waals surface area contributed by atoms with Crippen LogP contribution in [0.25, 0.3) is 0 Å². The summed E-state index contributed by atoms with van der Waals surface area (Å²) < 4.78 is 0. The van der Waals surface area contributed by atoms with Gasteiger partial charge < -0.3 is 4.90 Å². The summed E-state index contributed by atoms with van der Waals surface area (Å²) in [5.74, 6) is 1.17. The zero-order chi connectivity index (χ0) is 9.80. The van der Waals surface area contributed by atoms with Gasteiger partial charge in [-0.05, 0) is 37.0 Å². The molecule has 1 aromatic heterocycles. The van der Waals surface area contributed by atoms with Crippen LogP contribution in [0.15, 0.2) is 18.3 Å². The first-order valence-electron chi connectivity index (χ1n) is 5.60. The summed E-state index contributed by atoms with van der Waals surface area (Å²) in [5, 5.41) is 0. The molecule has 1 aromatic rings. The molecular formula is C12H18N2. The first kappa shape index (κ1) is 9.50. The van der Waals surface area contributed by atoms with Gasteiger partial charge in [0.05, 0.1) is 0 Å². The highest BCUT2D eigenvalue weighted by molar-refractivity contribution is 5.41. The maximum Gasteiger partial charge on any atom is 0.128 e. The lowest BCUT2D eigenvalue weighted by molar-refractivity contribution is 0.898. The minimum absolute atomic E-state index is 1.17. The van der Waals surface area contributed by atoms with Crippen LogP contribution >= 0.6 is 0 Å². The highest BCUT2D eigenvalue weighted by atomic mass is 15.2. The summed E-state index contributed by atoms with van der Waals surface area (Å²) in [5.41, 5.74) is 1.42. The van der Waals surface area contributed by atoms with E-state index in [1.54, 1.807) is 0 Å². The molecule has 0 atom stereocenters. The largest absolute Gasteiger partial charge is 0.357 e. The molecule has 76 valence electrons. The Morgan fingerprint density at radius 3 is 2.86 bits per heavy atom. The summed E-state index contributed by atoms with van der Waals surface area (Å²) in [6.07, 6.45) is 6.96. The van der Waals surface area contributed by atoms with Crippen LogP contribution in [0.3, 0.4) is 0 Å². The van der Waals surface area contributed by atoms with Crippen molar-refractivity contribution in [1.29, 1.82) is 0 Å². The molecule has 2 heterocycles. The molecule has 0 spiro atoms. The Bertz CT molecular complexity index is 290. The molecule has 1 aliphatic rings. The molecule has 2 rings (SSSR count). The van der Waals surface area contributed by atoms with E-state index in [9.17, 15) is 0 Å². The maximum atomic E-state index is 4.43. The third-order valence-electron chi connectivity index (χ3n) is 2.78.